The van der Waals surface area contributed by atoms with Gasteiger partial charge in [0.25, 0.3) is 0 Å². The Morgan fingerprint density at radius 1 is 1.09 bits per heavy atom. The fourth-order valence-electron chi connectivity index (χ4n) is 2.53. The highest BCUT2D eigenvalue weighted by molar-refractivity contribution is 7.13. The number of aromatic carboxylic acids is 1. The summed E-state index contributed by atoms with van der Waals surface area (Å²) in [4.78, 5) is 16.9. The molecule has 0 aliphatic rings. The number of aromatic nitrogens is 1. The largest absolute Gasteiger partial charge is 0.478 e. The molecule has 22 heavy (non-hydrogen) atoms. The first-order valence-electron chi connectivity index (χ1n) is 6.91. The highest BCUT2D eigenvalue weighted by Crippen LogP contribution is 2.35. The number of carboxylic acid groups (broad SMARTS) is 1. The van der Waals surface area contributed by atoms with Gasteiger partial charge < -0.3 is 5.11 Å². The van der Waals surface area contributed by atoms with Crippen molar-refractivity contribution in [3.63, 3.8) is 0 Å². The Balaban J connectivity index is 2.28. The normalized spacial score (nSPS) is 10.6. The van der Waals surface area contributed by atoms with E-state index in [1.807, 2.05) is 44.2 Å². The third kappa shape index (κ3) is 2.53. The van der Waals surface area contributed by atoms with E-state index in [2.05, 4.69) is 11.1 Å². The third-order valence-electron chi connectivity index (χ3n) is 3.74. The molecule has 0 amide bonds. The molecular formula is C18H15NO2S. The maximum absolute atomic E-state index is 11.6. The maximum atomic E-state index is 11.6. The van der Waals surface area contributed by atoms with Gasteiger partial charge in [-0.2, -0.15) is 0 Å². The average molecular weight is 309 g/mol. The second-order valence-electron chi connectivity index (χ2n) is 5.13. The molecule has 0 bridgehead atoms. The summed E-state index contributed by atoms with van der Waals surface area (Å²) in [6.45, 7) is 3.80. The molecule has 0 radical (unpaired) electrons. The molecule has 0 aliphatic carbocycles. The van der Waals surface area contributed by atoms with Gasteiger partial charge in [-0.05, 0) is 48.2 Å². The number of carboxylic acids is 1. The zero-order valence-corrected chi connectivity index (χ0v) is 13.1. The molecule has 3 aromatic rings. The number of thiazole rings is 1. The van der Waals surface area contributed by atoms with Gasteiger partial charge in [0.05, 0.1) is 21.6 Å². The van der Waals surface area contributed by atoms with Gasteiger partial charge in [0.15, 0.2) is 0 Å². The quantitative estimate of drug-likeness (QED) is 0.756. The van der Waals surface area contributed by atoms with Gasteiger partial charge in [-0.25, -0.2) is 9.78 Å². The third-order valence-corrected chi connectivity index (χ3v) is 4.70. The van der Waals surface area contributed by atoms with Crippen molar-refractivity contribution in [2.45, 2.75) is 13.8 Å². The van der Waals surface area contributed by atoms with E-state index in [1.54, 1.807) is 11.6 Å². The summed E-state index contributed by atoms with van der Waals surface area (Å²) in [5.74, 6) is -0.904. The lowest BCUT2D eigenvalue weighted by Crippen LogP contribution is -2.02. The van der Waals surface area contributed by atoms with Crippen LogP contribution in [0, 0.1) is 13.8 Å². The zero-order chi connectivity index (χ0) is 15.7. The molecule has 0 aliphatic heterocycles. The molecule has 1 N–H and O–H groups in total. The number of carbonyl (C=O) groups is 1. The number of hydrogen-bond acceptors (Lipinski definition) is 3. The van der Waals surface area contributed by atoms with Crippen molar-refractivity contribution < 1.29 is 9.90 Å². The molecule has 0 atom stereocenters. The second kappa shape index (κ2) is 5.73. The topological polar surface area (TPSA) is 50.2 Å². The molecule has 110 valence electrons. The summed E-state index contributed by atoms with van der Waals surface area (Å²) in [6.07, 6.45) is 0. The lowest BCUT2D eigenvalue weighted by atomic mass is 9.94. The molecule has 0 spiro atoms. The van der Waals surface area contributed by atoms with E-state index < -0.39 is 5.97 Å². The highest BCUT2D eigenvalue weighted by atomic mass is 32.1. The SMILES string of the molecule is Cc1ncsc1-c1cc(-c2ccccc2)cc(C(=O)O)c1C. The Morgan fingerprint density at radius 3 is 2.41 bits per heavy atom. The van der Waals surface area contributed by atoms with E-state index in [0.717, 1.165) is 32.8 Å². The molecule has 4 heteroatoms. The first-order chi connectivity index (χ1) is 10.6. The summed E-state index contributed by atoms with van der Waals surface area (Å²) in [6, 6.07) is 13.6. The van der Waals surface area contributed by atoms with Crippen molar-refractivity contribution in [2.24, 2.45) is 0 Å². The van der Waals surface area contributed by atoms with Crippen LogP contribution < -0.4 is 0 Å². The summed E-state index contributed by atoms with van der Waals surface area (Å²) >= 11 is 1.54. The first-order valence-corrected chi connectivity index (χ1v) is 7.79. The van der Waals surface area contributed by atoms with Gasteiger partial charge in [-0.1, -0.05) is 30.3 Å². The number of aryl methyl sites for hydroxylation is 1. The van der Waals surface area contributed by atoms with Crippen LogP contribution in [0.15, 0.2) is 48.0 Å². The number of rotatable bonds is 3. The van der Waals surface area contributed by atoms with E-state index in [4.69, 9.17) is 0 Å². The van der Waals surface area contributed by atoms with E-state index in [0.29, 0.717) is 5.56 Å². The molecule has 2 aromatic carbocycles. The molecule has 1 heterocycles. The van der Waals surface area contributed by atoms with E-state index in [1.165, 1.54) is 11.3 Å². The van der Waals surface area contributed by atoms with Gasteiger partial charge in [0.2, 0.25) is 0 Å². The van der Waals surface area contributed by atoms with Crippen LogP contribution in [0.5, 0.6) is 0 Å². The van der Waals surface area contributed by atoms with Gasteiger partial charge >= 0.3 is 5.97 Å². The molecule has 1 aromatic heterocycles. The fraction of sp³-hybridized carbons (Fsp3) is 0.111. The zero-order valence-electron chi connectivity index (χ0n) is 12.3. The van der Waals surface area contributed by atoms with E-state index >= 15 is 0 Å². The van der Waals surface area contributed by atoms with Crippen LogP contribution in [-0.4, -0.2) is 16.1 Å². The molecule has 0 unspecified atom stereocenters. The summed E-state index contributed by atoms with van der Waals surface area (Å²) in [7, 11) is 0. The van der Waals surface area contributed by atoms with Crippen LogP contribution in [0.1, 0.15) is 21.6 Å². The maximum Gasteiger partial charge on any atom is 0.335 e. The smallest absolute Gasteiger partial charge is 0.335 e. The summed E-state index contributed by atoms with van der Waals surface area (Å²) < 4.78 is 0. The standard InChI is InChI=1S/C18H15NO2S/c1-11-15(17-12(2)19-10-22-17)8-14(9-16(11)18(20)21)13-6-4-3-5-7-13/h3-10H,1-2H3,(H,20,21). The van der Waals surface area contributed by atoms with E-state index in [9.17, 15) is 9.90 Å². The molecule has 3 nitrogen and oxygen atoms in total. The fourth-order valence-corrected chi connectivity index (χ4v) is 3.41. The van der Waals surface area contributed by atoms with Crippen LogP contribution in [0.4, 0.5) is 0 Å². The Labute approximate surface area is 132 Å². The minimum absolute atomic E-state index is 0.337. The predicted molar refractivity (Wildman–Crippen MR) is 89.4 cm³/mol. The number of nitrogens with zero attached hydrogens (tertiary/aromatic N) is 1. The monoisotopic (exact) mass is 309 g/mol. The van der Waals surface area contributed by atoms with Crippen molar-refractivity contribution >= 4 is 17.3 Å². The van der Waals surface area contributed by atoms with Gasteiger partial charge in [-0.15, -0.1) is 11.3 Å². The lowest BCUT2D eigenvalue weighted by Gasteiger charge is -2.12. The first kappa shape index (κ1) is 14.5. The van der Waals surface area contributed by atoms with Crippen molar-refractivity contribution in [2.75, 3.05) is 0 Å². The predicted octanol–water partition coefficient (Wildman–Crippen LogP) is 4.79. The second-order valence-corrected chi connectivity index (χ2v) is 5.99. The Hall–Kier alpha value is -2.46. The van der Waals surface area contributed by atoms with E-state index in [-0.39, 0.29) is 0 Å². The Morgan fingerprint density at radius 2 is 1.82 bits per heavy atom. The summed E-state index contributed by atoms with van der Waals surface area (Å²) in [5, 5.41) is 9.52. The van der Waals surface area contributed by atoms with Gasteiger partial charge in [0, 0.05) is 0 Å². The van der Waals surface area contributed by atoms with Crippen molar-refractivity contribution in [1.29, 1.82) is 0 Å². The molecule has 3 rings (SSSR count). The van der Waals surface area contributed by atoms with Crippen LogP contribution in [0.25, 0.3) is 21.6 Å². The minimum Gasteiger partial charge on any atom is -0.478 e. The molecular weight excluding hydrogens is 294 g/mol. The molecule has 0 saturated carbocycles. The van der Waals surface area contributed by atoms with Crippen molar-refractivity contribution in [3.8, 4) is 21.6 Å². The Kier molecular flexibility index (Phi) is 3.77. The van der Waals surface area contributed by atoms with Crippen LogP contribution in [-0.2, 0) is 0 Å². The molecule has 0 saturated heterocycles. The Bertz CT molecular complexity index is 838. The van der Waals surface area contributed by atoms with Crippen LogP contribution in [0.2, 0.25) is 0 Å². The number of hydrogen-bond donors (Lipinski definition) is 1. The highest BCUT2D eigenvalue weighted by Gasteiger charge is 2.17. The van der Waals surface area contributed by atoms with Gasteiger partial charge in [0.1, 0.15) is 0 Å². The van der Waals surface area contributed by atoms with Crippen molar-refractivity contribution in [1.82, 2.24) is 4.98 Å². The van der Waals surface area contributed by atoms with Gasteiger partial charge in [-0.3, -0.25) is 0 Å². The minimum atomic E-state index is -0.904. The van der Waals surface area contributed by atoms with Crippen molar-refractivity contribution in [3.05, 3.63) is 64.8 Å². The van der Waals surface area contributed by atoms with Crippen LogP contribution >= 0.6 is 11.3 Å². The lowest BCUT2D eigenvalue weighted by molar-refractivity contribution is 0.0696. The number of benzene rings is 2. The molecule has 0 fully saturated rings. The van der Waals surface area contributed by atoms with Crippen LogP contribution in [0.3, 0.4) is 0 Å². The average Bonchev–Trinajstić information content (AvgIpc) is 2.94. The summed E-state index contributed by atoms with van der Waals surface area (Å²) in [5.41, 5.74) is 6.69.